The SMILES string of the molecule is COc1ccc(C(NC(=O)CNc2cccc(F)c2)C2CC2)cc1. The molecule has 0 aromatic heterocycles. The van der Waals surface area contributed by atoms with E-state index >= 15 is 0 Å². The fraction of sp³-hybridized carbons (Fsp3) is 0.316. The minimum absolute atomic E-state index is 0.0118. The molecule has 2 aromatic rings. The van der Waals surface area contributed by atoms with E-state index in [0.29, 0.717) is 11.6 Å². The van der Waals surface area contributed by atoms with E-state index in [2.05, 4.69) is 10.6 Å². The number of benzene rings is 2. The molecule has 1 fully saturated rings. The Hall–Kier alpha value is -2.56. The average Bonchev–Trinajstić information content (AvgIpc) is 3.43. The van der Waals surface area contributed by atoms with Crippen molar-refractivity contribution in [3.63, 3.8) is 0 Å². The third kappa shape index (κ3) is 4.25. The van der Waals surface area contributed by atoms with Gasteiger partial charge in [0.15, 0.2) is 0 Å². The quantitative estimate of drug-likeness (QED) is 0.818. The molecule has 0 saturated heterocycles. The lowest BCUT2D eigenvalue weighted by atomic mass is 10.0. The molecule has 3 rings (SSSR count). The highest BCUT2D eigenvalue weighted by molar-refractivity contribution is 5.81. The van der Waals surface area contributed by atoms with E-state index < -0.39 is 0 Å². The number of hydrogen-bond donors (Lipinski definition) is 2. The van der Waals surface area contributed by atoms with Gasteiger partial charge in [-0.1, -0.05) is 18.2 Å². The van der Waals surface area contributed by atoms with Gasteiger partial charge in [0.25, 0.3) is 0 Å². The number of methoxy groups -OCH3 is 1. The summed E-state index contributed by atoms with van der Waals surface area (Å²) in [6.07, 6.45) is 2.24. The van der Waals surface area contributed by atoms with Gasteiger partial charge in [0.05, 0.1) is 19.7 Å². The number of ether oxygens (including phenoxy) is 1. The van der Waals surface area contributed by atoms with E-state index in [1.54, 1.807) is 19.2 Å². The molecule has 1 saturated carbocycles. The van der Waals surface area contributed by atoms with E-state index in [4.69, 9.17) is 4.74 Å². The van der Waals surface area contributed by atoms with E-state index in [1.165, 1.54) is 12.1 Å². The molecular formula is C19H21FN2O2. The fourth-order valence-electron chi connectivity index (χ4n) is 2.72. The first kappa shape index (κ1) is 16.3. The number of carbonyl (C=O) groups is 1. The van der Waals surface area contributed by atoms with Gasteiger partial charge in [-0.15, -0.1) is 0 Å². The third-order valence-electron chi connectivity index (χ3n) is 4.16. The van der Waals surface area contributed by atoms with Gasteiger partial charge in [-0.05, 0) is 54.7 Å². The van der Waals surface area contributed by atoms with Gasteiger partial charge in [-0.3, -0.25) is 4.79 Å². The van der Waals surface area contributed by atoms with Crippen molar-refractivity contribution in [2.45, 2.75) is 18.9 Å². The molecule has 4 nitrogen and oxygen atoms in total. The number of carbonyl (C=O) groups excluding carboxylic acids is 1. The first-order valence-corrected chi connectivity index (χ1v) is 8.08. The lowest BCUT2D eigenvalue weighted by Gasteiger charge is -2.19. The number of nitrogens with one attached hydrogen (secondary N) is 2. The van der Waals surface area contributed by atoms with E-state index in [0.717, 1.165) is 24.2 Å². The van der Waals surface area contributed by atoms with Crippen LogP contribution in [0, 0.1) is 11.7 Å². The highest BCUT2D eigenvalue weighted by Gasteiger charge is 2.33. The predicted octanol–water partition coefficient (Wildman–Crippen LogP) is 3.51. The number of amides is 1. The molecule has 1 unspecified atom stereocenters. The maximum atomic E-state index is 13.1. The lowest BCUT2D eigenvalue weighted by molar-refractivity contribution is -0.120. The molecule has 1 aliphatic rings. The van der Waals surface area contributed by atoms with E-state index in [1.807, 2.05) is 24.3 Å². The predicted molar refractivity (Wildman–Crippen MR) is 91.5 cm³/mol. The molecule has 0 spiro atoms. The second-order valence-electron chi connectivity index (χ2n) is 6.02. The summed E-state index contributed by atoms with van der Waals surface area (Å²) in [6, 6.07) is 13.9. The van der Waals surface area contributed by atoms with Crippen molar-refractivity contribution >= 4 is 11.6 Å². The smallest absolute Gasteiger partial charge is 0.239 e. The van der Waals surface area contributed by atoms with Crippen LogP contribution >= 0.6 is 0 Å². The van der Waals surface area contributed by atoms with Crippen molar-refractivity contribution in [1.82, 2.24) is 5.32 Å². The van der Waals surface area contributed by atoms with E-state index in [-0.39, 0.29) is 24.3 Å². The van der Waals surface area contributed by atoms with Crippen LogP contribution in [0.3, 0.4) is 0 Å². The molecule has 0 radical (unpaired) electrons. The zero-order valence-electron chi connectivity index (χ0n) is 13.6. The number of halogens is 1. The van der Waals surface area contributed by atoms with Crippen LogP contribution in [0.1, 0.15) is 24.4 Å². The van der Waals surface area contributed by atoms with Crippen LogP contribution < -0.4 is 15.4 Å². The third-order valence-corrected chi connectivity index (χ3v) is 4.16. The molecule has 0 aliphatic heterocycles. The fourth-order valence-corrected chi connectivity index (χ4v) is 2.72. The Morgan fingerprint density at radius 1 is 1.25 bits per heavy atom. The monoisotopic (exact) mass is 328 g/mol. The summed E-state index contributed by atoms with van der Waals surface area (Å²) in [5.74, 6) is 0.852. The Morgan fingerprint density at radius 2 is 2.00 bits per heavy atom. The van der Waals surface area contributed by atoms with Gasteiger partial charge in [0, 0.05) is 5.69 Å². The molecule has 24 heavy (non-hydrogen) atoms. The Labute approximate surface area is 141 Å². The van der Waals surface area contributed by atoms with Gasteiger partial charge in [0.2, 0.25) is 5.91 Å². The van der Waals surface area contributed by atoms with Gasteiger partial charge >= 0.3 is 0 Å². The molecule has 2 aromatic carbocycles. The first-order valence-electron chi connectivity index (χ1n) is 8.08. The van der Waals surface area contributed by atoms with Gasteiger partial charge in [0.1, 0.15) is 11.6 Å². The molecular weight excluding hydrogens is 307 g/mol. The summed E-state index contributed by atoms with van der Waals surface area (Å²) < 4.78 is 18.3. The number of hydrogen-bond acceptors (Lipinski definition) is 3. The Bertz CT molecular complexity index is 699. The molecule has 0 heterocycles. The van der Waals surface area contributed by atoms with Crippen LogP contribution in [-0.4, -0.2) is 19.6 Å². The van der Waals surface area contributed by atoms with Crippen LogP contribution in [0.15, 0.2) is 48.5 Å². The average molecular weight is 328 g/mol. The Morgan fingerprint density at radius 3 is 2.62 bits per heavy atom. The van der Waals surface area contributed by atoms with Crippen molar-refractivity contribution in [1.29, 1.82) is 0 Å². The minimum atomic E-state index is -0.325. The van der Waals surface area contributed by atoms with Crippen molar-refractivity contribution in [3.05, 3.63) is 59.9 Å². The maximum absolute atomic E-state index is 13.1. The second kappa shape index (κ2) is 7.34. The van der Waals surface area contributed by atoms with Gasteiger partial charge in [-0.25, -0.2) is 4.39 Å². The summed E-state index contributed by atoms with van der Waals surface area (Å²) in [5, 5.41) is 6.03. The highest BCUT2D eigenvalue weighted by Crippen LogP contribution is 2.41. The standard InChI is InChI=1S/C19H21FN2O2/c1-24-17-9-7-14(8-10-17)19(13-5-6-13)22-18(23)12-21-16-4-2-3-15(20)11-16/h2-4,7-11,13,19,21H,5-6,12H2,1H3,(H,22,23). The van der Waals surface area contributed by atoms with Crippen LogP contribution in [-0.2, 0) is 4.79 Å². The lowest BCUT2D eigenvalue weighted by Crippen LogP contribution is -2.34. The molecule has 0 bridgehead atoms. The van der Waals surface area contributed by atoms with Crippen molar-refractivity contribution in [3.8, 4) is 5.75 Å². The topological polar surface area (TPSA) is 50.4 Å². The van der Waals surface area contributed by atoms with Crippen LogP contribution in [0.5, 0.6) is 5.75 Å². The summed E-state index contributed by atoms with van der Waals surface area (Å²) in [4.78, 5) is 12.2. The van der Waals surface area contributed by atoms with Crippen LogP contribution in [0.4, 0.5) is 10.1 Å². The molecule has 5 heteroatoms. The first-order chi connectivity index (χ1) is 11.7. The molecule has 1 aliphatic carbocycles. The Balaban J connectivity index is 1.59. The molecule has 126 valence electrons. The summed E-state index contributed by atoms with van der Waals surface area (Å²) >= 11 is 0. The van der Waals surface area contributed by atoms with Crippen LogP contribution in [0.2, 0.25) is 0 Å². The number of rotatable bonds is 7. The van der Waals surface area contributed by atoms with Crippen molar-refractivity contribution < 1.29 is 13.9 Å². The zero-order valence-corrected chi connectivity index (χ0v) is 13.6. The highest BCUT2D eigenvalue weighted by atomic mass is 19.1. The minimum Gasteiger partial charge on any atom is -0.497 e. The summed E-state index contributed by atoms with van der Waals surface area (Å²) in [6.45, 7) is 0.114. The largest absolute Gasteiger partial charge is 0.497 e. The molecule has 1 amide bonds. The summed E-state index contributed by atoms with van der Waals surface area (Å²) in [5.41, 5.74) is 1.68. The molecule has 2 N–H and O–H groups in total. The normalized spacial score (nSPS) is 14.8. The van der Waals surface area contributed by atoms with Gasteiger partial charge < -0.3 is 15.4 Å². The van der Waals surface area contributed by atoms with Crippen LogP contribution in [0.25, 0.3) is 0 Å². The van der Waals surface area contributed by atoms with Gasteiger partial charge in [-0.2, -0.15) is 0 Å². The summed E-state index contributed by atoms with van der Waals surface area (Å²) in [7, 11) is 1.63. The van der Waals surface area contributed by atoms with Crippen molar-refractivity contribution in [2.75, 3.05) is 19.0 Å². The maximum Gasteiger partial charge on any atom is 0.239 e. The van der Waals surface area contributed by atoms with Crippen molar-refractivity contribution in [2.24, 2.45) is 5.92 Å². The zero-order chi connectivity index (χ0) is 16.9. The number of anilines is 1. The molecule has 1 atom stereocenters. The second-order valence-corrected chi connectivity index (χ2v) is 6.02. The Kier molecular flexibility index (Phi) is 4.99. The van der Waals surface area contributed by atoms with E-state index in [9.17, 15) is 9.18 Å².